The van der Waals surface area contributed by atoms with Crippen molar-refractivity contribution in [3.8, 4) is 0 Å². The molecule has 1 heterocycles. The number of carbonyl (C=O) groups is 1. The predicted molar refractivity (Wildman–Crippen MR) is 58.9 cm³/mol. The van der Waals surface area contributed by atoms with Crippen molar-refractivity contribution in [2.45, 2.75) is 6.92 Å². The van der Waals surface area contributed by atoms with Crippen molar-refractivity contribution < 1.29 is 4.79 Å². The van der Waals surface area contributed by atoms with Gasteiger partial charge in [0.1, 0.15) is 0 Å². The highest BCUT2D eigenvalue weighted by Gasteiger charge is 2.13. The second-order valence-electron chi connectivity index (χ2n) is 2.35. The summed E-state index contributed by atoms with van der Waals surface area (Å²) in [5, 5.41) is 0. The molecule has 0 amide bonds. The summed E-state index contributed by atoms with van der Waals surface area (Å²) >= 11 is 8.11. The van der Waals surface area contributed by atoms with Gasteiger partial charge in [0.05, 0.1) is 7.57 Å². The minimum atomic E-state index is -0.0103. The predicted octanol–water partition coefficient (Wildman–Crippen LogP) is 4.03. The molecule has 0 spiro atoms. The van der Waals surface area contributed by atoms with E-state index in [0.29, 0.717) is 11.1 Å². The zero-order valence-electron chi connectivity index (χ0n) is 6.36. The smallest absolute Gasteiger partial charge is 0.190 e. The molecule has 0 saturated heterocycles. The normalized spacial score (nSPS) is 9.92. The zero-order valence-corrected chi connectivity index (χ0v) is 10.3. The Morgan fingerprint density at radius 1 is 1.58 bits per heavy atom. The average molecular weight is 310 g/mol. The Hall–Kier alpha value is 0.0700. The molecule has 0 aliphatic heterocycles. The second kappa shape index (κ2) is 3.85. The van der Waals surface area contributed by atoms with E-state index in [9.17, 15) is 4.79 Å². The molecule has 0 aliphatic rings. The lowest BCUT2D eigenvalue weighted by atomic mass is 10.1. The van der Waals surface area contributed by atoms with Crippen LogP contribution in [0.5, 0.6) is 0 Å². The lowest BCUT2D eigenvalue weighted by Gasteiger charge is -1.94. The molecule has 0 aliphatic carbocycles. The van der Waals surface area contributed by atoms with Crippen molar-refractivity contribution in [3.05, 3.63) is 31.4 Å². The molecule has 0 N–H and O–H groups in total. The minimum absolute atomic E-state index is 0.0103. The molecule has 1 rings (SSSR count). The molecule has 0 fully saturated rings. The molecular formula is C8H6Br2OS. The van der Waals surface area contributed by atoms with E-state index in [1.807, 2.05) is 0 Å². The molecule has 1 aromatic heterocycles. The Balaban J connectivity index is 3.11. The summed E-state index contributed by atoms with van der Waals surface area (Å²) in [5.41, 5.74) is 1.24. The van der Waals surface area contributed by atoms with Crippen LogP contribution in [-0.2, 0) is 0 Å². The Morgan fingerprint density at radius 2 is 2.17 bits per heavy atom. The van der Waals surface area contributed by atoms with Gasteiger partial charge < -0.3 is 0 Å². The van der Waals surface area contributed by atoms with Gasteiger partial charge in [0, 0.05) is 5.56 Å². The Kier molecular flexibility index (Phi) is 3.26. The van der Waals surface area contributed by atoms with Crippen LogP contribution in [0.15, 0.2) is 25.8 Å². The maximum Gasteiger partial charge on any atom is 0.190 e. The zero-order chi connectivity index (χ0) is 9.30. The van der Waals surface area contributed by atoms with E-state index in [1.54, 1.807) is 13.0 Å². The SMILES string of the molecule is C=C(C)C(=O)c1cc(Br)sc1Br. The van der Waals surface area contributed by atoms with E-state index in [-0.39, 0.29) is 5.78 Å². The maximum atomic E-state index is 11.4. The molecule has 0 saturated carbocycles. The number of hydrogen-bond donors (Lipinski definition) is 0. The summed E-state index contributed by atoms with van der Waals surface area (Å²) < 4.78 is 1.79. The molecular weight excluding hydrogens is 304 g/mol. The fraction of sp³-hybridized carbons (Fsp3) is 0.125. The highest BCUT2D eigenvalue weighted by molar-refractivity contribution is 9.12. The van der Waals surface area contributed by atoms with Crippen molar-refractivity contribution in [2.24, 2.45) is 0 Å². The summed E-state index contributed by atoms with van der Waals surface area (Å²) in [6.07, 6.45) is 0. The van der Waals surface area contributed by atoms with Gasteiger partial charge in [0.2, 0.25) is 0 Å². The highest BCUT2D eigenvalue weighted by Crippen LogP contribution is 2.32. The first-order valence-corrected chi connectivity index (χ1v) is 5.57. The largest absolute Gasteiger partial charge is 0.289 e. The fourth-order valence-corrected chi connectivity index (χ4v) is 3.52. The standard InChI is InChI=1S/C8H6Br2OS/c1-4(2)7(11)5-3-6(9)12-8(5)10/h3H,1H2,2H3. The van der Waals surface area contributed by atoms with Crippen LogP contribution >= 0.6 is 43.2 Å². The lowest BCUT2D eigenvalue weighted by Crippen LogP contribution is -1.97. The summed E-state index contributed by atoms with van der Waals surface area (Å²) in [7, 11) is 0. The minimum Gasteiger partial charge on any atom is -0.289 e. The molecule has 0 aromatic carbocycles. The third-order valence-corrected chi connectivity index (χ3v) is 3.63. The van der Waals surface area contributed by atoms with Gasteiger partial charge in [0.15, 0.2) is 5.78 Å². The molecule has 1 nitrogen and oxygen atoms in total. The van der Waals surface area contributed by atoms with Gasteiger partial charge in [0.25, 0.3) is 0 Å². The molecule has 12 heavy (non-hydrogen) atoms. The average Bonchev–Trinajstić information content (AvgIpc) is 2.28. The second-order valence-corrected chi connectivity index (χ2v) is 6.10. The van der Waals surface area contributed by atoms with E-state index in [4.69, 9.17) is 0 Å². The number of Topliss-reactive ketones (excluding diaryl/α,β-unsaturated/α-hetero) is 1. The molecule has 0 bridgehead atoms. The van der Waals surface area contributed by atoms with Crippen molar-refractivity contribution in [1.82, 2.24) is 0 Å². The highest BCUT2D eigenvalue weighted by atomic mass is 79.9. The third kappa shape index (κ3) is 2.06. The number of thiophene rings is 1. The molecule has 1 aromatic rings. The van der Waals surface area contributed by atoms with Crippen LogP contribution in [0.25, 0.3) is 0 Å². The summed E-state index contributed by atoms with van der Waals surface area (Å²) in [4.78, 5) is 11.4. The molecule has 0 radical (unpaired) electrons. The first-order chi connectivity index (χ1) is 5.52. The van der Waals surface area contributed by atoms with E-state index in [1.165, 1.54) is 11.3 Å². The number of halogens is 2. The molecule has 64 valence electrons. The van der Waals surface area contributed by atoms with E-state index in [0.717, 1.165) is 7.57 Å². The first kappa shape index (κ1) is 10.2. The van der Waals surface area contributed by atoms with E-state index < -0.39 is 0 Å². The van der Waals surface area contributed by atoms with Gasteiger partial charge in [-0.3, -0.25) is 4.79 Å². The maximum absolute atomic E-state index is 11.4. The number of hydrogen-bond acceptors (Lipinski definition) is 2. The first-order valence-electron chi connectivity index (χ1n) is 3.17. The van der Waals surface area contributed by atoms with Crippen molar-refractivity contribution in [1.29, 1.82) is 0 Å². The number of allylic oxidation sites excluding steroid dienone is 1. The van der Waals surface area contributed by atoms with Crippen LogP contribution in [0, 0.1) is 0 Å². The van der Waals surface area contributed by atoms with Crippen LogP contribution < -0.4 is 0 Å². The summed E-state index contributed by atoms with van der Waals surface area (Å²) in [6.45, 7) is 5.31. The van der Waals surface area contributed by atoms with Gasteiger partial charge in [-0.25, -0.2) is 0 Å². The van der Waals surface area contributed by atoms with Gasteiger partial charge in [-0.15, -0.1) is 11.3 Å². The topological polar surface area (TPSA) is 17.1 Å². The van der Waals surface area contributed by atoms with Crippen molar-refractivity contribution in [2.75, 3.05) is 0 Å². The lowest BCUT2D eigenvalue weighted by molar-refractivity contribution is 0.103. The summed E-state index contributed by atoms with van der Waals surface area (Å²) in [6, 6.07) is 1.80. The number of ketones is 1. The Bertz CT molecular complexity index is 341. The monoisotopic (exact) mass is 308 g/mol. The van der Waals surface area contributed by atoms with Crippen LogP contribution in [0.1, 0.15) is 17.3 Å². The van der Waals surface area contributed by atoms with Gasteiger partial charge in [-0.1, -0.05) is 6.58 Å². The number of carbonyl (C=O) groups excluding carboxylic acids is 1. The van der Waals surface area contributed by atoms with Crippen molar-refractivity contribution in [3.63, 3.8) is 0 Å². The Morgan fingerprint density at radius 3 is 2.50 bits per heavy atom. The van der Waals surface area contributed by atoms with Gasteiger partial charge in [-0.05, 0) is 50.4 Å². The molecule has 0 unspecified atom stereocenters. The van der Waals surface area contributed by atoms with Crippen LogP contribution in [0.2, 0.25) is 0 Å². The van der Waals surface area contributed by atoms with Crippen molar-refractivity contribution >= 4 is 49.0 Å². The van der Waals surface area contributed by atoms with Gasteiger partial charge >= 0.3 is 0 Å². The third-order valence-electron chi connectivity index (χ3n) is 1.29. The Labute approximate surface area is 91.7 Å². The quantitative estimate of drug-likeness (QED) is 0.595. The molecule has 4 heteroatoms. The fourth-order valence-electron chi connectivity index (χ4n) is 0.725. The number of rotatable bonds is 2. The van der Waals surface area contributed by atoms with E-state index >= 15 is 0 Å². The van der Waals surface area contributed by atoms with Crippen LogP contribution in [-0.4, -0.2) is 5.78 Å². The summed E-state index contributed by atoms with van der Waals surface area (Å²) in [5.74, 6) is -0.0103. The van der Waals surface area contributed by atoms with E-state index in [2.05, 4.69) is 38.4 Å². The van der Waals surface area contributed by atoms with Crippen LogP contribution in [0.4, 0.5) is 0 Å². The van der Waals surface area contributed by atoms with Crippen LogP contribution in [0.3, 0.4) is 0 Å². The van der Waals surface area contributed by atoms with Gasteiger partial charge in [-0.2, -0.15) is 0 Å². The molecule has 0 atom stereocenters.